The first-order valence-corrected chi connectivity index (χ1v) is 18.8. The molecule has 2 heteroatoms. The Morgan fingerprint density at radius 1 is 0.309 bits per heavy atom. The number of fused-ring (bicyclic) bond motifs is 6. The molecule has 0 saturated carbocycles. The van der Waals surface area contributed by atoms with Crippen molar-refractivity contribution in [3.63, 3.8) is 0 Å². The van der Waals surface area contributed by atoms with Gasteiger partial charge in [-0.1, -0.05) is 206 Å². The van der Waals surface area contributed by atoms with Gasteiger partial charge in [0.1, 0.15) is 5.82 Å². The van der Waals surface area contributed by atoms with Crippen LogP contribution in [0.2, 0.25) is 0 Å². The van der Waals surface area contributed by atoms with Crippen molar-refractivity contribution in [2.24, 2.45) is 0 Å². The second-order valence-electron chi connectivity index (χ2n) is 13.9. The number of benzene rings is 9. The highest BCUT2D eigenvalue weighted by molar-refractivity contribution is 6.24. The molecular weight excluding hydrogens is 665 g/mol. The van der Waals surface area contributed by atoms with Crippen molar-refractivity contribution in [1.29, 1.82) is 0 Å². The minimum absolute atomic E-state index is 0.927. The molecule has 0 N–H and O–H groups in total. The van der Waals surface area contributed by atoms with E-state index < -0.39 is 0 Å². The topological polar surface area (TPSA) is 17.8 Å². The first-order chi connectivity index (χ1) is 27.3. The van der Waals surface area contributed by atoms with Crippen LogP contribution >= 0.6 is 0 Å². The summed E-state index contributed by atoms with van der Waals surface area (Å²) in [6.07, 6.45) is 0. The Hall–Kier alpha value is -7.29. The highest BCUT2D eigenvalue weighted by atomic mass is 15.1. The molecule has 0 atom stereocenters. The maximum Gasteiger partial charge on any atom is 0.145 e. The second-order valence-corrected chi connectivity index (χ2v) is 13.9. The van der Waals surface area contributed by atoms with Crippen LogP contribution in [0.3, 0.4) is 0 Å². The van der Waals surface area contributed by atoms with Crippen molar-refractivity contribution in [1.82, 2.24) is 9.55 Å². The molecule has 258 valence electrons. The zero-order valence-corrected chi connectivity index (χ0v) is 30.2. The molecule has 0 aliphatic rings. The summed E-state index contributed by atoms with van der Waals surface area (Å²) in [5.41, 5.74) is 13.8. The second kappa shape index (κ2) is 13.9. The first kappa shape index (κ1) is 32.4. The predicted octanol–water partition coefficient (Wildman–Crippen LogP) is 13.7. The van der Waals surface area contributed by atoms with Crippen LogP contribution in [0.25, 0.3) is 71.9 Å². The number of aromatic nitrogens is 2. The molecule has 0 radical (unpaired) electrons. The average Bonchev–Trinajstić information content (AvgIpc) is 3.68. The SMILES string of the molecule is c1ccc(C(=C(c2ccccc2)c2ccc(-c3ccc(-c4nc5c6ccccc6c6ccccc6c5n4-c4ccccc4)cc3)cc2)c2ccccc2)cc1. The van der Waals surface area contributed by atoms with Gasteiger partial charge in [0, 0.05) is 22.0 Å². The third-order valence-electron chi connectivity index (χ3n) is 10.6. The maximum absolute atomic E-state index is 5.42. The maximum atomic E-state index is 5.42. The summed E-state index contributed by atoms with van der Waals surface area (Å²) in [6, 6.07) is 78.1. The van der Waals surface area contributed by atoms with Crippen molar-refractivity contribution in [2.45, 2.75) is 0 Å². The number of imidazole rings is 1. The van der Waals surface area contributed by atoms with Crippen LogP contribution in [0.1, 0.15) is 22.3 Å². The van der Waals surface area contributed by atoms with E-state index in [0.29, 0.717) is 0 Å². The van der Waals surface area contributed by atoms with Gasteiger partial charge >= 0.3 is 0 Å². The molecule has 10 aromatic rings. The molecular formula is C53H36N2. The Morgan fingerprint density at radius 2 is 0.673 bits per heavy atom. The quantitative estimate of drug-likeness (QED) is 0.120. The largest absolute Gasteiger partial charge is 0.292 e. The van der Waals surface area contributed by atoms with Crippen molar-refractivity contribution in [2.75, 3.05) is 0 Å². The van der Waals surface area contributed by atoms with Gasteiger partial charge in [-0.2, -0.15) is 0 Å². The van der Waals surface area contributed by atoms with Gasteiger partial charge in [0.05, 0.1) is 11.0 Å². The lowest BCUT2D eigenvalue weighted by Gasteiger charge is -2.18. The predicted molar refractivity (Wildman–Crippen MR) is 231 cm³/mol. The molecule has 55 heavy (non-hydrogen) atoms. The van der Waals surface area contributed by atoms with Crippen LogP contribution in [0.15, 0.2) is 218 Å². The first-order valence-electron chi connectivity index (χ1n) is 18.8. The molecule has 9 aromatic carbocycles. The molecule has 0 aliphatic carbocycles. The summed E-state index contributed by atoms with van der Waals surface area (Å²) < 4.78 is 2.34. The van der Waals surface area contributed by atoms with E-state index in [9.17, 15) is 0 Å². The van der Waals surface area contributed by atoms with Crippen molar-refractivity contribution in [3.8, 4) is 28.2 Å². The third kappa shape index (κ3) is 5.82. The Kier molecular flexibility index (Phi) is 8.20. The number of hydrogen-bond acceptors (Lipinski definition) is 1. The molecule has 0 aliphatic heterocycles. The highest BCUT2D eigenvalue weighted by Crippen LogP contribution is 2.40. The minimum atomic E-state index is 0.927. The van der Waals surface area contributed by atoms with Gasteiger partial charge < -0.3 is 0 Å². The summed E-state index contributed by atoms with van der Waals surface area (Å²) in [7, 11) is 0. The van der Waals surface area contributed by atoms with E-state index in [1.54, 1.807) is 0 Å². The Bertz CT molecular complexity index is 2920. The lowest BCUT2D eigenvalue weighted by Crippen LogP contribution is -1.98. The Labute approximate surface area is 320 Å². The fraction of sp³-hybridized carbons (Fsp3) is 0. The van der Waals surface area contributed by atoms with Gasteiger partial charge in [-0.3, -0.25) is 4.57 Å². The van der Waals surface area contributed by atoms with E-state index >= 15 is 0 Å². The van der Waals surface area contributed by atoms with Crippen LogP contribution in [0.5, 0.6) is 0 Å². The van der Waals surface area contributed by atoms with Crippen LogP contribution in [-0.4, -0.2) is 9.55 Å². The van der Waals surface area contributed by atoms with Crippen LogP contribution in [-0.2, 0) is 0 Å². The summed E-state index contributed by atoms with van der Waals surface area (Å²) in [6.45, 7) is 0. The van der Waals surface area contributed by atoms with E-state index in [4.69, 9.17) is 4.98 Å². The number of hydrogen-bond donors (Lipinski definition) is 0. The smallest absolute Gasteiger partial charge is 0.145 e. The lowest BCUT2D eigenvalue weighted by molar-refractivity contribution is 1.11. The molecule has 1 heterocycles. The van der Waals surface area contributed by atoms with Crippen LogP contribution in [0.4, 0.5) is 0 Å². The van der Waals surface area contributed by atoms with E-state index in [2.05, 4.69) is 223 Å². The van der Waals surface area contributed by atoms with E-state index in [0.717, 1.165) is 44.6 Å². The van der Waals surface area contributed by atoms with Crippen molar-refractivity contribution >= 4 is 43.7 Å². The van der Waals surface area contributed by atoms with Crippen LogP contribution < -0.4 is 0 Å². The Balaban J connectivity index is 1.09. The standard InChI is InChI=1S/C53H36N2/c1-5-17-39(18-6-1)49(40-19-7-2-8-20-40)50(41-21-9-3-10-22-41)42-33-29-37(30-34-42)38-31-35-43(36-32-38)53-54-51-47-27-15-13-25-45(47)46-26-14-16-28-48(46)52(51)55(53)44-23-11-4-12-24-44/h1-36H. The summed E-state index contributed by atoms with van der Waals surface area (Å²) in [4.78, 5) is 5.42. The van der Waals surface area contributed by atoms with Gasteiger partial charge in [0.25, 0.3) is 0 Å². The van der Waals surface area contributed by atoms with Gasteiger partial charge in [-0.15, -0.1) is 0 Å². The van der Waals surface area contributed by atoms with Gasteiger partial charge in [-0.25, -0.2) is 4.98 Å². The summed E-state index contributed by atoms with van der Waals surface area (Å²) in [5.74, 6) is 0.927. The monoisotopic (exact) mass is 700 g/mol. The van der Waals surface area contributed by atoms with Crippen molar-refractivity contribution < 1.29 is 0 Å². The lowest BCUT2D eigenvalue weighted by atomic mass is 9.85. The normalized spacial score (nSPS) is 11.3. The van der Waals surface area contributed by atoms with E-state index in [1.807, 2.05) is 0 Å². The van der Waals surface area contributed by atoms with Crippen LogP contribution in [0, 0.1) is 0 Å². The average molecular weight is 701 g/mol. The van der Waals surface area contributed by atoms with E-state index in [-0.39, 0.29) is 0 Å². The number of rotatable bonds is 7. The zero-order chi connectivity index (χ0) is 36.6. The van der Waals surface area contributed by atoms with Gasteiger partial charge in [-0.05, 0) is 67.4 Å². The fourth-order valence-electron chi connectivity index (χ4n) is 8.09. The third-order valence-corrected chi connectivity index (χ3v) is 10.6. The van der Waals surface area contributed by atoms with E-state index in [1.165, 1.54) is 49.6 Å². The molecule has 0 saturated heterocycles. The molecule has 0 unspecified atom stereocenters. The molecule has 0 bridgehead atoms. The highest BCUT2D eigenvalue weighted by Gasteiger charge is 2.20. The van der Waals surface area contributed by atoms with Crippen molar-refractivity contribution in [3.05, 3.63) is 241 Å². The van der Waals surface area contributed by atoms with Gasteiger partial charge in [0.15, 0.2) is 0 Å². The summed E-state index contributed by atoms with van der Waals surface area (Å²) >= 11 is 0. The molecule has 2 nitrogen and oxygen atoms in total. The number of nitrogens with zero attached hydrogens (tertiary/aromatic N) is 2. The molecule has 10 rings (SSSR count). The fourth-order valence-corrected chi connectivity index (χ4v) is 8.09. The minimum Gasteiger partial charge on any atom is -0.292 e. The Morgan fingerprint density at radius 3 is 1.18 bits per heavy atom. The summed E-state index contributed by atoms with van der Waals surface area (Å²) in [5, 5.41) is 4.81. The number of para-hydroxylation sites is 1. The molecule has 0 spiro atoms. The molecule has 0 fully saturated rings. The zero-order valence-electron chi connectivity index (χ0n) is 30.2. The molecule has 1 aromatic heterocycles. The molecule has 0 amide bonds. The van der Waals surface area contributed by atoms with Gasteiger partial charge in [0.2, 0.25) is 0 Å².